The quantitative estimate of drug-likeness (QED) is 0.806. The Morgan fingerprint density at radius 3 is 2.65 bits per heavy atom. The third-order valence-electron chi connectivity index (χ3n) is 4.99. The normalized spacial score (nSPS) is 18.0. The van der Waals surface area contributed by atoms with E-state index in [0.717, 1.165) is 37.0 Å². The van der Waals surface area contributed by atoms with E-state index in [4.69, 9.17) is 10.5 Å². The minimum absolute atomic E-state index is 0.102. The summed E-state index contributed by atoms with van der Waals surface area (Å²) in [5, 5.41) is 3.13. The van der Waals surface area contributed by atoms with E-state index in [-0.39, 0.29) is 17.4 Å². The van der Waals surface area contributed by atoms with Crippen molar-refractivity contribution in [2.45, 2.75) is 31.7 Å². The highest BCUT2D eigenvalue weighted by atomic mass is 16.5. The van der Waals surface area contributed by atoms with E-state index in [1.165, 1.54) is 0 Å². The third-order valence-corrected chi connectivity index (χ3v) is 4.99. The Hall–Kier alpha value is -1.59. The molecular weight excluding hydrogens is 290 g/mol. The van der Waals surface area contributed by atoms with Crippen molar-refractivity contribution in [2.24, 2.45) is 11.1 Å². The SMILES string of the molecule is COc1cccc(C(CNC(=O)C2(CN)CCCC2)N(C)C)c1. The first kappa shape index (κ1) is 17.8. The summed E-state index contributed by atoms with van der Waals surface area (Å²) in [5.74, 6) is 0.933. The molecule has 2 rings (SSSR count). The molecule has 1 unspecified atom stereocenters. The van der Waals surface area contributed by atoms with Crippen LogP contribution in [0.5, 0.6) is 5.75 Å². The average molecular weight is 319 g/mol. The Morgan fingerprint density at radius 2 is 2.09 bits per heavy atom. The highest BCUT2D eigenvalue weighted by Gasteiger charge is 2.39. The number of nitrogens with one attached hydrogen (secondary N) is 1. The topological polar surface area (TPSA) is 67.6 Å². The molecule has 5 nitrogen and oxygen atoms in total. The lowest BCUT2D eigenvalue weighted by atomic mass is 9.85. The van der Waals surface area contributed by atoms with Crippen LogP contribution in [-0.2, 0) is 4.79 Å². The van der Waals surface area contributed by atoms with Crippen LogP contribution >= 0.6 is 0 Å². The zero-order valence-electron chi connectivity index (χ0n) is 14.5. The maximum absolute atomic E-state index is 12.6. The molecule has 0 radical (unpaired) electrons. The highest BCUT2D eigenvalue weighted by Crippen LogP contribution is 2.37. The van der Waals surface area contributed by atoms with Gasteiger partial charge in [-0.05, 0) is 44.6 Å². The lowest BCUT2D eigenvalue weighted by Crippen LogP contribution is -2.46. The summed E-state index contributed by atoms with van der Waals surface area (Å²) in [4.78, 5) is 14.8. The van der Waals surface area contributed by atoms with Crippen LogP contribution in [0.4, 0.5) is 0 Å². The molecule has 1 amide bonds. The fourth-order valence-electron chi connectivity index (χ4n) is 3.40. The summed E-state index contributed by atoms with van der Waals surface area (Å²) in [6.07, 6.45) is 4.00. The number of carbonyl (C=O) groups is 1. The van der Waals surface area contributed by atoms with Crippen molar-refractivity contribution in [3.05, 3.63) is 29.8 Å². The number of hydrogen-bond acceptors (Lipinski definition) is 4. The van der Waals surface area contributed by atoms with Gasteiger partial charge in [0.2, 0.25) is 5.91 Å². The zero-order valence-corrected chi connectivity index (χ0v) is 14.5. The number of rotatable bonds is 7. The van der Waals surface area contributed by atoms with Gasteiger partial charge in [-0.15, -0.1) is 0 Å². The van der Waals surface area contributed by atoms with E-state index in [2.05, 4.69) is 16.3 Å². The van der Waals surface area contributed by atoms with Crippen LogP contribution in [0.2, 0.25) is 0 Å². The third kappa shape index (κ3) is 4.03. The van der Waals surface area contributed by atoms with Gasteiger partial charge in [-0.2, -0.15) is 0 Å². The zero-order chi connectivity index (χ0) is 16.9. The molecule has 1 aromatic carbocycles. The van der Waals surface area contributed by atoms with Gasteiger partial charge in [-0.1, -0.05) is 25.0 Å². The van der Waals surface area contributed by atoms with Gasteiger partial charge in [0.15, 0.2) is 0 Å². The van der Waals surface area contributed by atoms with Crippen molar-refractivity contribution in [2.75, 3.05) is 34.3 Å². The molecule has 0 aromatic heterocycles. The molecule has 3 N–H and O–H groups in total. The van der Waals surface area contributed by atoms with E-state index < -0.39 is 0 Å². The van der Waals surface area contributed by atoms with Gasteiger partial charge in [0.25, 0.3) is 0 Å². The van der Waals surface area contributed by atoms with Crippen LogP contribution < -0.4 is 15.8 Å². The molecule has 5 heteroatoms. The molecule has 1 fully saturated rings. The summed E-state index contributed by atoms with van der Waals surface area (Å²) < 4.78 is 5.30. The van der Waals surface area contributed by atoms with E-state index >= 15 is 0 Å². The number of methoxy groups -OCH3 is 1. The monoisotopic (exact) mass is 319 g/mol. The second-order valence-electron chi connectivity index (χ2n) is 6.66. The van der Waals surface area contributed by atoms with Crippen molar-refractivity contribution in [3.8, 4) is 5.75 Å². The van der Waals surface area contributed by atoms with Gasteiger partial charge in [-0.25, -0.2) is 0 Å². The van der Waals surface area contributed by atoms with Gasteiger partial charge in [0.05, 0.1) is 18.6 Å². The predicted molar refractivity (Wildman–Crippen MR) is 92.4 cm³/mol. The van der Waals surface area contributed by atoms with E-state index in [9.17, 15) is 4.79 Å². The first-order valence-electron chi connectivity index (χ1n) is 8.31. The predicted octanol–water partition coefficient (Wildman–Crippen LogP) is 1.93. The maximum atomic E-state index is 12.6. The molecule has 128 valence electrons. The first-order valence-corrected chi connectivity index (χ1v) is 8.31. The Labute approximate surface area is 139 Å². The molecule has 1 aliphatic rings. The smallest absolute Gasteiger partial charge is 0.227 e. The van der Waals surface area contributed by atoms with Gasteiger partial charge in [0, 0.05) is 13.1 Å². The second kappa shape index (κ2) is 7.79. The van der Waals surface area contributed by atoms with Crippen molar-refractivity contribution in [3.63, 3.8) is 0 Å². The summed E-state index contributed by atoms with van der Waals surface area (Å²) in [6.45, 7) is 1.01. The molecule has 1 saturated carbocycles. The summed E-state index contributed by atoms with van der Waals surface area (Å²) in [5.41, 5.74) is 6.67. The first-order chi connectivity index (χ1) is 11.0. The molecule has 1 aliphatic carbocycles. The minimum atomic E-state index is -0.356. The number of nitrogens with two attached hydrogens (primary N) is 1. The molecule has 1 atom stereocenters. The lowest BCUT2D eigenvalue weighted by molar-refractivity contribution is -0.130. The van der Waals surface area contributed by atoms with Crippen molar-refractivity contribution < 1.29 is 9.53 Å². The van der Waals surface area contributed by atoms with Crippen molar-refractivity contribution >= 4 is 5.91 Å². The van der Waals surface area contributed by atoms with Gasteiger partial charge < -0.3 is 20.7 Å². The number of benzene rings is 1. The number of hydrogen-bond donors (Lipinski definition) is 2. The molecular formula is C18H29N3O2. The number of carbonyl (C=O) groups excluding carboxylic acids is 1. The number of amides is 1. The van der Waals surface area contributed by atoms with Crippen LogP contribution in [-0.4, -0.2) is 45.1 Å². The second-order valence-corrected chi connectivity index (χ2v) is 6.66. The standard InChI is InChI=1S/C18H29N3O2/c1-21(2)16(14-7-6-8-15(11-14)23-3)12-20-17(22)18(13-19)9-4-5-10-18/h6-8,11,16H,4-5,9-10,12-13,19H2,1-3H3,(H,20,22). The fraction of sp³-hybridized carbons (Fsp3) is 0.611. The lowest BCUT2D eigenvalue weighted by Gasteiger charge is -2.30. The summed E-state index contributed by atoms with van der Waals surface area (Å²) in [7, 11) is 5.70. The van der Waals surface area contributed by atoms with Gasteiger partial charge >= 0.3 is 0 Å². The average Bonchev–Trinajstić information content (AvgIpc) is 3.05. The number of nitrogens with zero attached hydrogens (tertiary/aromatic N) is 1. The molecule has 23 heavy (non-hydrogen) atoms. The van der Waals surface area contributed by atoms with Crippen LogP contribution in [0.1, 0.15) is 37.3 Å². The molecule has 0 bridgehead atoms. The van der Waals surface area contributed by atoms with Crippen molar-refractivity contribution in [1.82, 2.24) is 10.2 Å². The molecule has 1 aromatic rings. The maximum Gasteiger partial charge on any atom is 0.227 e. The van der Waals surface area contributed by atoms with E-state index in [1.54, 1.807) is 7.11 Å². The van der Waals surface area contributed by atoms with E-state index in [0.29, 0.717) is 13.1 Å². The van der Waals surface area contributed by atoms with Crippen LogP contribution in [0.25, 0.3) is 0 Å². The van der Waals surface area contributed by atoms with Gasteiger partial charge in [0.1, 0.15) is 5.75 Å². The van der Waals surface area contributed by atoms with Crippen LogP contribution in [0, 0.1) is 5.41 Å². The molecule has 0 saturated heterocycles. The Morgan fingerprint density at radius 1 is 1.39 bits per heavy atom. The van der Waals surface area contributed by atoms with Crippen LogP contribution in [0.3, 0.4) is 0 Å². The highest BCUT2D eigenvalue weighted by molar-refractivity contribution is 5.83. The Balaban J connectivity index is 2.06. The Bertz CT molecular complexity index is 525. The fourth-order valence-corrected chi connectivity index (χ4v) is 3.40. The van der Waals surface area contributed by atoms with E-state index in [1.807, 2.05) is 32.3 Å². The molecule has 0 aliphatic heterocycles. The number of ether oxygens (including phenoxy) is 1. The molecule has 0 heterocycles. The van der Waals surface area contributed by atoms with Gasteiger partial charge in [-0.3, -0.25) is 4.79 Å². The minimum Gasteiger partial charge on any atom is -0.497 e. The summed E-state index contributed by atoms with van der Waals surface area (Å²) in [6, 6.07) is 8.09. The number of likely N-dealkylation sites (N-methyl/N-ethyl adjacent to an activating group) is 1. The van der Waals surface area contributed by atoms with Crippen molar-refractivity contribution in [1.29, 1.82) is 0 Å². The molecule has 0 spiro atoms. The summed E-state index contributed by atoms with van der Waals surface area (Å²) >= 11 is 0. The Kier molecular flexibility index (Phi) is 6.02. The largest absolute Gasteiger partial charge is 0.497 e. The van der Waals surface area contributed by atoms with Crippen LogP contribution in [0.15, 0.2) is 24.3 Å².